The first kappa shape index (κ1) is 16.5. The Labute approximate surface area is 142 Å². The number of nitrogens with zero attached hydrogens (tertiary/aromatic N) is 1. The molecule has 1 unspecified atom stereocenters. The first-order valence-electron chi connectivity index (χ1n) is 7.76. The van der Waals surface area contributed by atoms with Crippen LogP contribution in [0.2, 0.25) is 0 Å². The van der Waals surface area contributed by atoms with Gasteiger partial charge in [0.05, 0.1) is 10.9 Å². The summed E-state index contributed by atoms with van der Waals surface area (Å²) >= 11 is 0. The fraction of sp³-hybridized carbons (Fsp3) is 0.211. The summed E-state index contributed by atoms with van der Waals surface area (Å²) < 4.78 is 23.3. The normalized spacial score (nSPS) is 17.7. The predicted molar refractivity (Wildman–Crippen MR) is 93.5 cm³/mol. The SMILES string of the molecule is CS(=O)(=O)c1ccc(C2c3ccccc3CCN2C=CC=O)cc1. The molecule has 0 N–H and O–H groups in total. The van der Waals surface area contributed by atoms with Crippen molar-refractivity contribution in [2.24, 2.45) is 0 Å². The summed E-state index contributed by atoms with van der Waals surface area (Å²) in [5, 5.41) is 0. The van der Waals surface area contributed by atoms with Crippen molar-refractivity contribution in [1.29, 1.82) is 0 Å². The molecule has 0 bridgehead atoms. The monoisotopic (exact) mass is 341 g/mol. The maximum atomic E-state index is 11.7. The van der Waals surface area contributed by atoms with Gasteiger partial charge in [0.15, 0.2) is 9.84 Å². The van der Waals surface area contributed by atoms with Crippen LogP contribution >= 0.6 is 0 Å². The van der Waals surface area contributed by atoms with Gasteiger partial charge in [0.1, 0.15) is 6.29 Å². The van der Waals surface area contributed by atoms with Crippen molar-refractivity contribution in [1.82, 2.24) is 4.90 Å². The molecule has 1 atom stereocenters. The molecule has 1 heterocycles. The fourth-order valence-electron chi connectivity index (χ4n) is 3.16. The van der Waals surface area contributed by atoms with Crippen molar-refractivity contribution in [3.05, 3.63) is 77.5 Å². The van der Waals surface area contributed by atoms with Crippen LogP contribution in [0.3, 0.4) is 0 Å². The Morgan fingerprint density at radius 1 is 1.08 bits per heavy atom. The Morgan fingerprint density at radius 2 is 1.79 bits per heavy atom. The van der Waals surface area contributed by atoms with E-state index in [2.05, 4.69) is 17.0 Å². The van der Waals surface area contributed by atoms with Gasteiger partial charge in [-0.25, -0.2) is 8.42 Å². The van der Waals surface area contributed by atoms with Crippen molar-refractivity contribution in [2.75, 3.05) is 12.8 Å². The molecule has 0 fully saturated rings. The lowest BCUT2D eigenvalue weighted by molar-refractivity contribution is -0.104. The van der Waals surface area contributed by atoms with Gasteiger partial charge in [0.25, 0.3) is 0 Å². The molecule has 2 aromatic carbocycles. The predicted octanol–water partition coefficient (Wildman–Crippen LogP) is 2.75. The molecule has 0 spiro atoms. The molecule has 1 aliphatic rings. The summed E-state index contributed by atoms with van der Waals surface area (Å²) in [4.78, 5) is 13.1. The van der Waals surface area contributed by atoms with Crippen LogP contribution in [0.1, 0.15) is 22.7 Å². The summed E-state index contributed by atoms with van der Waals surface area (Å²) in [7, 11) is -3.21. The molecule has 5 heteroatoms. The number of hydrogen-bond acceptors (Lipinski definition) is 4. The van der Waals surface area contributed by atoms with Gasteiger partial charge in [-0.05, 0) is 41.3 Å². The molecule has 0 aliphatic carbocycles. The Bertz CT molecular complexity index is 870. The van der Waals surface area contributed by atoms with Gasteiger partial charge in [-0.2, -0.15) is 0 Å². The number of fused-ring (bicyclic) bond motifs is 1. The molecule has 0 saturated carbocycles. The Balaban J connectivity index is 2.06. The van der Waals surface area contributed by atoms with E-state index in [1.54, 1.807) is 18.3 Å². The number of allylic oxidation sites excluding steroid dienone is 1. The minimum absolute atomic E-state index is 0.0280. The fourth-order valence-corrected chi connectivity index (χ4v) is 3.79. The zero-order valence-electron chi connectivity index (χ0n) is 13.4. The molecular formula is C19H19NO3S. The lowest BCUT2D eigenvalue weighted by atomic mass is 9.88. The standard InChI is InChI=1S/C19H19NO3S/c1-24(22,23)17-9-7-16(8-10-17)19-18-6-3-2-5-15(18)11-13-20(19)12-4-14-21/h2-10,12,14,19H,11,13H2,1H3. The van der Waals surface area contributed by atoms with Crippen molar-refractivity contribution < 1.29 is 13.2 Å². The highest BCUT2D eigenvalue weighted by atomic mass is 32.2. The van der Waals surface area contributed by atoms with Gasteiger partial charge >= 0.3 is 0 Å². The van der Waals surface area contributed by atoms with E-state index in [9.17, 15) is 13.2 Å². The summed E-state index contributed by atoms with van der Waals surface area (Å²) in [6.07, 6.45) is 6.18. The van der Waals surface area contributed by atoms with Crippen LogP contribution in [0.15, 0.2) is 65.7 Å². The molecule has 4 nitrogen and oxygen atoms in total. The Kier molecular flexibility index (Phi) is 4.53. The van der Waals surface area contributed by atoms with Gasteiger partial charge in [-0.3, -0.25) is 4.79 Å². The molecular weight excluding hydrogens is 322 g/mol. The van der Waals surface area contributed by atoms with Crippen LogP contribution in [0.4, 0.5) is 0 Å². The van der Waals surface area contributed by atoms with Crippen LogP contribution in [0, 0.1) is 0 Å². The minimum Gasteiger partial charge on any atom is -0.366 e. The van der Waals surface area contributed by atoms with Crippen LogP contribution in [0.25, 0.3) is 0 Å². The first-order valence-corrected chi connectivity index (χ1v) is 9.65. The Hall–Kier alpha value is -2.40. The van der Waals surface area contributed by atoms with Gasteiger partial charge < -0.3 is 4.90 Å². The zero-order chi connectivity index (χ0) is 17.2. The third-order valence-electron chi connectivity index (χ3n) is 4.30. The van der Waals surface area contributed by atoms with Crippen molar-refractivity contribution in [2.45, 2.75) is 17.4 Å². The molecule has 0 amide bonds. The Morgan fingerprint density at radius 3 is 2.46 bits per heavy atom. The topological polar surface area (TPSA) is 54.5 Å². The second-order valence-corrected chi connectivity index (χ2v) is 7.92. The smallest absolute Gasteiger partial charge is 0.175 e. The van der Waals surface area contributed by atoms with E-state index in [1.165, 1.54) is 23.5 Å². The largest absolute Gasteiger partial charge is 0.366 e. The van der Waals surface area contributed by atoms with E-state index in [0.29, 0.717) is 4.90 Å². The molecule has 0 aromatic heterocycles. The van der Waals surface area contributed by atoms with E-state index in [1.807, 2.05) is 24.3 Å². The van der Waals surface area contributed by atoms with Crippen LogP contribution < -0.4 is 0 Å². The van der Waals surface area contributed by atoms with E-state index >= 15 is 0 Å². The highest BCUT2D eigenvalue weighted by Crippen LogP contribution is 2.35. The van der Waals surface area contributed by atoms with Gasteiger partial charge in [0, 0.05) is 19.0 Å². The van der Waals surface area contributed by atoms with Crippen molar-refractivity contribution in [3.8, 4) is 0 Å². The highest BCUT2D eigenvalue weighted by Gasteiger charge is 2.26. The second kappa shape index (κ2) is 6.61. The molecule has 124 valence electrons. The van der Waals surface area contributed by atoms with Crippen molar-refractivity contribution in [3.63, 3.8) is 0 Å². The number of hydrogen-bond donors (Lipinski definition) is 0. The van der Waals surface area contributed by atoms with Gasteiger partial charge in [-0.1, -0.05) is 36.4 Å². The molecule has 0 radical (unpaired) electrons. The van der Waals surface area contributed by atoms with Crippen molar-refractivity contribution >= 4 is 16.1 Å². The molecule has 3 rings (SSSR count). The van der Waals surface area contributed by atoms with Crippen LogP contribution in [0.5, 0.6) is 0 Å². The van der Waals surface area contributed by atoms with E-state index < -0.39 is 9.84 Å². The summed E-state index contributed by atoms with van der Waals surface area (Å²) in [6.45, 7) is 0.805. The maximum absolute atomic E-state index is 11.7. The van der Waals surface area contributed by atoms with Crippen LogP contribution in [-0.2, 0) is 21.1 Å². The number of benzene rings is 2. The number of aldehydes is 1. The number of rotatable bonds is 4. The number of carbonyl (C=O) groups is 1. The highest BCUT2D eigenvalue weighted by molar-refractivity contribution is 7.90. The van der Waals surface area contributed by atoms with Crippen LogP contribution in [-0.4, -0.2) is 32.4 Å². The van der Waals surface area contributed by atoms with E-state index in [4.69, 9.17) is 0 Å². The number of carbonyl (C=O) groups excluding carboxylic acids is 1. The minimum atomic E-state index is -3.21. The average Bonchev–Trinajstić information content (AvgIpc) is 2.58. The second-order valence-electron chi connectivity index (χ2n) is 5.91. The van der Waals surface area contributed by atoms with Gasteiger partial charge in [0.2, 0.25) is 0 Å². The average molecular weight is 341 g/mol. The summed E-state index contributed by atoms with van der Waals surface area (Å²) in [5.41, 5.74) is 3.47. The molecule has 0 saturated heterocycles. The maximum Gasteiger partial charge on any atom is 0.175 e. The summed E-state index contributed by atoms with van der Waals surface area (Å²) in [5.74, 6) is 0. The van der Waals surface area contributed by atoms with E-state index in [0.717, 1.165) is 24.8 Å². The molecule has 2 aromatic rings. The molecule has 1 aliphatic heterocycles. The van der Waals surface area contributed by atoms with E-state index in [-0.39, 0.29) is 6.04 Å². The quantitative estimate of drug-likeness (QED) is 0.634. The van der Waals surface area contributed by atoms with Gasteiger partial charge in [-0.15, -0.1) is 0 Å². The summed E-state index contributed by atoms with van der Waals surface area (Å²) in [6, 6.07) is 15.2. The molecule has 24 heavy (non-hydrogen) atoms. The third kappa shape index (κ3) is 3.26. The third-order valence-corrected chi connectivity index (χ3v) is 5.43. The first-order chi connectivity index (χ1) is 11.5. The lowest BCUT2D eigenvalue weighted by Crippen LogP contribution is -2.32. The number of sulfone groups is 1. The zero-order valence-corrected chi connectivity index (χ0v) is 14.2. The lowest BCUT2D eigenvalue weighted by Gasteiger charge is -2.37.